The maximum absolute atomic E-state index is 12.2. The molecule has 4 nitrogen and oxygen atoms in total. The topological polar surface area (TPSA) is 68.0 Å². The Balaban J connectivity index is 2.02. The van der Waals surface area contributed by atoms with Gasteiger partial charge >= 0.3 is 0 Å². The van der Waals surface area contributed by atoms with Crippen molar-refractivity contribution < 1.29 is 4.79 Å². The van der Waals surface area contributed by atoms with Crippen molar-refractivity contribution in [2.75, 3.05) is 5.73 Å². The number of hydrogen-bond acceptors (Lipinski definition) is 3. The van der Waals surface area contributed by atoms with Gasteiger partial charge < -0.3 is 11.1 Å². The quantitative estimate of drug-likeness (QED) is 0.878. The van der Waals surface area contributed by atoms with Gasteiger partial charge in [0.05, 0.1) is 5.56 Å². The molecule has 1 amide bonds. The third-order valence-corrected chi connectivity index (χ3v) is 4.04. The molecule has 0 bridgehead atoms. The number of anilines is 1. The Labute approximate surface area is 114 Å². The number of nitrogen functional groups attached to an aromatic ring is 1. The van der Waals surface area contributed by atoms with E-state index < -0.39 is 0 Å². The summed E-state index contributed by atoms with van der Waals surface area (Å²) in [6.45, 7) is 4.47. The van der Waals surface area contributed by atoms with Crippen molar-refractivity contribution in [2.45, 2.75) is 45.6 Å². The summed E-state index contributed by atoms with van der Waals surface area (Å²) < 4.78 is 0. The predicted octanol–water partition coefficient (Wildman–Crippen LogP) is 2.61. The summed E-state index contributed by atoms with van der Waals surface area (Å²) in [7, 11) is 0. The SMILES string of the molecule is CC(C)C1CCCCC1NC(=O)c1ccc(N)nc1. The summed E-state index contributed by atoms with van der Waals surface area (Å²) in [5.74, 6) is 1.59. The molecule has 1 fully saturated rings. The molecule has 1 saturated carbocycles. The van der Waals surface area contributed by atoms with Crippen LogP contribution in [0, 0.1) is 11.8 Å². The molecule has 2 atom stereocenters. The standard InChI is InChI=1S/C15H23N3O/c1-10(2)12-5-3-4-6-13(12)18-15(19)11-7-8-14(16)17-9-11/h7-10,12-13H,3-6H2,1-2H3,(H2,16,17)(H,18,19). The highest BCUT2D eigenvalue weighted by Crippen LogP contribution is 2.30. The van der Waals surface area contributed by atoms with Crippen LogP contribution in [0.25, 0.3) is 0 Å². The fraction of sp³-hybridized carbons (Fsp3) is 0.600. The van der Waals surface area contributed by atoms with Gasteiger partial charge in [-0.2, -0.15) is 0 Å². The first-order valence-electron chi connectivity index (χ1n) is 7.10. The highest BCUT2D eigenvalue weighted by atomic mass is 16.1. The highest BCUT2D eigenvalue weighted by Gasteiger charge is 2.28. The zero-order chi connectivity index (χ0) is 13.8. The fourth-order valence-corrected chi connectivity index (χ4v) is 2.93. The van der Waals surface area contributed by atoms with E-state index in [4.69, 9.17) is 5.73 Å². The number of carbonyl (C=O) groups is 1. The molecule has 1 aliphatic carbocycles. The van der Waals surface area contributed by atoms with E-state index in [9.17, 15) is 4.79 Å². The zero-order valence-corrected chi connectivity index (χ0v) is 11.7. The first-order chi connectivity index (χ1) is 9.08. The van der Waals surface area contributed by atoms with Gasteiger partial charge in [-0.3, -0.25) is 4.79 Å². The summed E-state index contributed by atoms with van der Waals surface area (Å²) >= 11 is 0. The van der Waals surface area contributed by atoms with Crippen LogP contribution >= 0.6 is 0 Å². The Kier molecular flexibility index (Phi) is 4.40. The fourth-order valence-electron chi connectivity index (χ4n) is 2.93. The number of nitrogens with two attached hydrogens (primary N) is 1. The van der Waals surface area contributed by atoms with E-state index in [1.54, 1.807) is 12.1 Å². The lowest BCUT2D eigenvalue weighted by atomic mass is 9.78. The number of nitrogens with one attached hydrogen (secondary N) is 1. The average molecular weight is 261 g/mol. The first kappa shape index (κ1) is 13.8. The van der Waals surface area contributed by atoms with E-state index in [1.165, 1.54) is 25.5 Å². The Morgan fingerprint density at radius 1 is 1.37 bits per heavy atom. The summed E-state index contributed by atoms with van der Waals surface area (Å²) in [5, 5.41) is 3.17. The second-order valence-corrected chi connectivity index (χ2v) is 5.74. The molecule has 1 aliphatic rings. The number of nitrogens with zero attached hydrogens (tertiary/aromatic N) is 1. The van der Waals surface area contributed by atoms with Gasteiger partial charge in [-0.15, -0.1) is 0 Å². The van der Waals surface area contributed by atoms with E-state index in [0.717, 1.165) is 6.42 Å². The lowest BCUT2D eigenvalue weighted by Crippen LogP contribution is -2.43. The molecule has 104 valence electrons. The van der Waals surface area contributed by atoms with Crippen LogP contribution in [0.15, 0.2) is 18.3 Å². The van der Waals surface area contributed by atoms with Crippen LogP contribution in [0.4, 0.5) is 5.82 Å². The number of pyridine rings is 1. The van der Waals surface area contributed by atoms with Crippen LogP contribution in [0.1, 0.15) is 49.9 Å². The number of rotatable bonds is 3. The summed E-state index contributed by atoms with van der Waals surface area (Å²) in [6.07, 6.45) is 6.31. The van der Waals surface area contributed by atoms with Crippen LogP contribution < -0.4 is 11.1 Å². The van der Waals surface area contributed by atoms with E-state index in [0.29, 0.717) is 29.3 Å². The maximum Gasteiger partial charge on any atom is 0.253 e. The molecule has 0 spiro atoms. The smallest absolute Gasteiger partial charge is 0.253 e. The van der Waals surface area contributed by atoms with E-state index >= 15 is 0 Å². The first-order valence-corrected chi connectivity index (χ1v) is 7.10. The molecule has 0 saturated heterocycles. The third-order valence-electron chi connectivity index (χ3n) is 4.04. The minimum atomic E-state index is -0.0370. The van der Waals surface area contributed by atoms with Crippen LogP contribution in [0.2, 0.25) is 0 Å². The Bertz CT molecular complexity index is 428. The van der Waals surface area contributed by atoms with Crippen molar-refractivity contribution in [2.24, 2.45) is 11.8 Å². The molecule has 4 heteroatoms. The maximum atomic E-state index is 12.2. The van der Waals surface area contributed by atoms with Crippen LogP contribution in [-0.4, -0.2) is 16.9 Å². The number of carbonyl (C=O) groups excluding carboxylic acids is 1. The molecular formula is C15H23N3O. The average Bonchev–Trinajstić information content (AvgIpc) is 2.39. The molecule has 1 heterocycles. The van der Waals surface area contributed by atoms with Crippen molar-refractivity contribution in [3.05, 3.63) is 23.9 Å². The van der Waals surface area contributed by atoms with Crippen molar-refractivity contribution in [1.29, 1.82) is 0 Å². The Hall–Kier alpha value is -1.58. The number of hydrogen-bond donors (Lipinski definition) is 2. The molecule has 2 unspecified atom stereocenters. The number of amides is 1. The van der Waals surface area contributed by atoms with Gasteiger partial charge in [0, 0.05) is 12.2 Å². The van der Waals surface area contributed by atoms with Crippen LogP contribution in [0.5, 0.6) is 0 Å². The molecule has 1 aromatic rings. The van der Waals surface area contributed by atoms with Crippen LogP contribution in [-0.2, 0) is 0 Å². The van der Waals surface area contributed by atoms with Crippen molar-refractivity contribution in [1.82, 2.24) is 10.3 Å². The van der Waals surface area contributed by atoms with Crippen LogP contribution in [0.3, 0.4) is 0 Å². The minimum Gasteiger partial charge on any atom is -0.384 e. The largest absolute Gasteiger partial charge is 0.384 e. The monoisotopic (exact) mass is 261 g/mol. The van der Waals surface area contributed by atoms with Gasteiger partial charge in [-0.25, -0.2) is 4.98 Å². The van der Waals surface area contributed by atoms with Gasteiger partial charge in [-0.1, -0.05) is 26.7 Å². The second kappa shape index (κ2) is 6.04. The molecule has 0 radical (unpaired) electrons. The normalized spacial score (nSPS) is 23.3. The zero-order valence-electron chi connectivity index (χ0n) is 11.7. The van der Waals surface area contributed by atoms with E-state index in [2.05, 4.69) is 24.1 Å². The molecule has 3 N–H and O–H groups in total. The van der Waals surface area contributed by atoms with E-state index in [-0.39, 0.29) is 5.91 Å². The van der Waals surface area contributed by atoms with Gasteiger partial charge in [-0.05, 0) is 36.8 Å². The highest BCUT2D eigenvalue weighted by molar-refractivity contribution is 5.94. The molecular weight excluding hydrogens is 238 g/mol. The van der Waals surface area contributed by atoms with Crippen molar-refractivity contribution in [3.63, 3.8) is 0 Å². The summed E-state index contributed by atoms with van der Waals surface area (Å²) in [6, 6.07) is 3.68. The number of aromatic nitrogens is 1. The van der Waals surface area contributed by atoms with Crippen molar-refractivity contribution in [3.8, 4) is 0 Å². The predicted molar refractivity (Wildman–Crippen MR) is 76.7 cm³/mol. The lowest BCUT2D eigenvalue weighted by molar-refractivity contribution is 0.0889. The van der Waals surface area contributed by atoms with Gasteiger partial charge in [0.25, 0.3) is 5.91 Å². The molecule has 1 aromatic heterocycles. The third kappa shape index (κ3) is 3.46. The lowest BCUT2D eigenvalue weighted by Gasteiger charge is -2.34. The van der Waals surface area contributed by atoms with Gasteiger partial charge in [0.2, 0.25) is 0 Å². The Morgan fingerprint density at radius 3 is 2.74 bits per heavy atom. The second-order valence-electron chi connectivity index (χ2n) is 5.74. The summed E-state index contributed by atoms with van der Waals surface area (Å²) in [5.41, 5.74) is 6.12. The molecule has 19 heavy (non-hydrogen) atoms. The van der Waals surface area contributed by atoms with Crippen molar-refractivity contribution >= 4 is 11.7 Å². The Morgan fingerprint density at radius 2 is 2.11 bits per heavy atom. The minimum absolute atomic E-state index is 0.0370. The van der Waals surface area contributed by atoms with Gasteiger partial charge in [0.15, 0.2) is 0 Å². The summed E-state index contributed by atoms with van der Waals surface area (Å²) in [4.78, 5) is 16.2. The molecule has 2 rings (SSSR count). The molecule has 0 aliphatic heterocycles. The molecule has 0 aromatic carbocycles. The van der Waals surface area contributed by atoms with E-state index in [1.807, 2.05) is 0 Å². The van der Waals surface area contributed by atoms with Gasteiger partial charge in [0.1, 0.15) is 5.82 Å².